The van der Waals surface area contributed by atoms with Crippen molar-refractivity contribution >= 4 is 21.4 Å². The molecule has 4 heteroatoms. The zero-order valence-corrected chi connectivity index (χ0v) is 10.3. The summed E-state index contributed by atoms with van der Waals surface area (Å²) < 4.78 is 3.01. The smallest absolute Gasteiger partial charge is 0.132 e. The Balaban J connectivity index is 2.41. The third-order valence-electron chi connectivity index (χ3n) is 2.50. The Morgan fingerprint density at radius 1 is 1.47 bits per heavy atom. The monoisotopic (exact) mass is 267 g/mol. The van der Waals surface area contributed by atoms with Crippen molar-refractivity contribution in [3.63, 3.8) is 0 Å². The minimum Gasteiger partial charge on any atom is -0.330 e. The summed E-state index contributed by atoms with van der Waals surface area (Å²) in [5.74, 6) is 1.01. The van der Waals surface area contributed by atoms with E-state index in [1.807, 2.05) is 6.92 Å². The highest BCUT2D eigenvalue weighted by atomic mass is 79.9. The first-order chi connectivity index (χ1) is 7.22. The number of aromatic nitrogens is 2. The zero-order valence-electron chi connectivity index (χ0n) is 8.70. The molecule has 15 heavy (non-hydrogen) atoms. The van der Waals surface area contributed by atoms with Gasteiger partial charge in [-0.25, -0.2) is 4.98 Å². The van der Waals surface area contributed by atoms with Gasteiger partial charge in [0.15, 0.2) is 0 Å². The van der Waals surface area contributed by atoms with Crippen LogP contribution in [0.2, 0.25) is 0 Å². The van der Waals surface area contributed by atoms with Crippen LogP contribution >= 0.6 is 15.9 Å². The van der Waals surface area contributed by atoms with Gasteiger partial charge in [0, 0.05) is 6.20 Å². The van der Waals surface area contributed by atoms with Crippen molar-refractivity contribution in [1.29, 1.82) is 0 Å². The maximum atomic E-state index is 5.50. The largest absolute Gasteiger partial charge is 0.330 e. The summed E-state index contributed by atoms with van der Waals surface area (Å²) in [7, 11) is 0. The van der Waals surface area contributed by atoms with Crippen molar-refractivity contribution < 1.29 is 0 Å². The Morgan fingerprint density at radius 2 is 2.27 bits per heavy atom. The lowest BCUT2D eigenvalue weighted by atomic mass is 10.1. The third kappa shape index (κ3) is 2.06. The zero-order chi connectivity index (χ0) is 10.8. The first-order valence-corrected chi connectivity index (χ1v) is 5.85. The number of aryl methyl sites for hydroxylation is 2. The van der Waals surface area contributed by atoms with Crippen LogP contribution in [0, 0.1) is 6.92 Å². The van der Waals surface area contributed by atoms with E-state index < -0.39 is 0 Å². The van der Waals surface area contributed by atoms with Gasteiger partial charge in [-0.05, 0) is 53.9 Å². The summed E-state index contributed by atoms with van der Waals surface area (Å²) in [6, 6.07) is 4.23. The fraction of sp³-hybridized carbons (Fsp3) is 0.364. The molecule has 0 spiro atoms. The van der Waals surface area contributed by atoms with E-state index in [1.165, 1.54) is 5.56 Å². The van der Waals surface area contributed by atoms with Crippen molar-refractivity contribution in [3.8, 4) is 0 Å². The molecule has 0 bridgehead atoms. The molecule has 2 N–H and O–H groups in total. The minimum atomic E-state index is 0.741. The quantitative estimate of drug-likeness (QED) is 0.928. The normalized spacial score (nSPS) is 11.1. The number of fused-ring (bicyclic) bond motifs is 1. The van der Waals surface area contributed by atoms with Gasteiger partial charge in [0.25, 0.3) is 0 Å². The Kier molecular flexibility index (Phi) is 3.07. The summed E-state index contributed by atoms with van der Waals surface area (Å²) in [4.78, 5) is 4.37. The number of halogens is 1. The van der Waals surface area contributed by atoms with E-state index in [4.69, 9.17) is 5.73 Å². The highest BCUT2D eigenvalue weighted by Crippen LogP contribution is 2.19. The van der Waals surface area contributed by atoms with E-state index in [-0.39, 0.29) is 0 Å². The van der Waals surface area contributed by atoms with Crippen molar-refractivity contribution in [3.05, 3.63) is 34.3 Å². The van der Waals surface area contributed by atoms with Gasteiger partial charge in [-0.3, -0.25) is 0 Å². The Hall–Kier alpha value is -0.870. The summed E-state index contributed by atoms with van der Waals surface area (Å²) in [6.45, 7) is 2.75. The maximum Gasteiger partial charge on any atom is 0.132 e. The molecule has 0 amide bonds. The molecular weight excluding hydrogens is 254 g/mol. The second kappa shape index (κ2) is 4.33. The lowest BCUT2D eigenvalue weighted by Gasteiger charge is -2.02. The Bertz CT molecular complexity index is 476. The number of imidazole rings is 1. The van der Waals surface area contributed by atoms with Crippen molar-refractivity contribution in [2.24, 2.45) is 5.73 Å². The molecule has 3 nitrogen and oxygen atoms in total. The fourth-order valence-electron chi connectivity index (χ4n) is 1.69. The molecule has 80 valence electrons. The molecule has 2 aromatic rings. The molecule has 0 aliphatic carbocycles. The number of hydrogen-bond acceptors (Lipinski definition) is 2. The molecule has 2 rings (SSSR count). The third-order valence-corrected chi connectivity index (χ3v) is 3.08. The standard InChI is InChI=1S/C11H14BrN3/c1-8-14-11(12)10-5-4-9(3-2-6-13)7-15(8)10/h4-5,7H,2-3,6,13H2,1H3. The van der Waals surface area contributed by atoms with Gasteiger partial charge >= 0.3 is 0 Å². The molecule has 0 aliphatic heterocycles. The van der Waals surface area contributed by atoms with Crippen molar-refractivity contribution in [2.75, 3.05) is 6.54 Å². The maximum absolute atomic E-state index is 5.50. The Labute approximate surface area is 97.4 Å². The molecule has 0 radical (unpaired) electrons. The average molecular weight is 268 g/mol. The van der Waals surface area contributed by atoms with E-state index in [9.17, 15) is 0 Å². The molecule has 0 aromatic carbocycles. The summed E-state index contributed by atoms with van der Waals surface area (Å²) in [6.07, 6.45) is 4.19. The second-order valence-corrected chi connectivity index (χ2v) is 4.39. The molecular formula is C11H14BrN3. The molecule has 2 heterocycles. The van der Waals surface area contributed by atoms with Crippen LogP contribution < -0.4 is 5.73 Å². The Morgan fingerprint density at radius 3 is 3.00 bits per heavy atom. The molecule has 0 saturated carbocycles. The number of nitrogens with two attached hydrogens (primary N) is 1. The molecule has 0 saturated heterocycles. The van der Waals surface area contributed by atoms with Crippen LogP contribution in [0.25, 0.3) is 5.52 Å². The first kappa shape index (κ1) is 10.6. The lowest BCUT2D eigenvalue weighted by Crippen LogP contribution is -2.01. The first-order valence-electron chi connectivity index (χ1n) is 5.05. The van der Waals surface area contributed by atoms with Gasteiger partial charge in [-0.1, -0.05) is 6.07 Å². The second-order valence-electron chi connectivity index (χ2n) is 3.63. The predicted octanol–water partition coefficient (Wildman–Crippen LogP) is 2.30. The SMILES string of the molecule is Cc1nc(Br)c2ccc(CCCN)cn12. The molecule has 0 unspecified atom stereocenters. The van der Waals surface area contributed by atoms with Crippen LogP contribution in [0.1, 0.15) is 17.8 Å². The summed E-state index contributed by atoms with van der Waals surface area (Å²) in [5, 5.41) is 0. The number of nitrogens with zero attached hydrogens (tertiary/aromatic N) is 2. The predicted molar refractivity (Wildman–Crippen MR) is 65.0 cm³/mol. The molecule has 0 fully saturated rings. The highest BCUT2D eigenvalue weighted by Gasteiger charge is 2.05. The minimum absolute atomic E-state index is 0.741. The number of rotatable bonds is 3. The summed E-state index contributed by atoms with van der Waals surface area (Å²) >= 11 is 3.44. The van der Waals surface area contributed by atoms with Crippen LogP contribution in [0.5, 0.6) is 0 Å². The van der Waals surface area contributed by atoms with Gasteiger partial charge in [-0.15, -0.1) is 0 Å². The topological polar surface area (TPSA) is 43.3 Å². The van der Waals surface area contributed by atoms with Crippen LogP contribution in [-0.4, -0.2) is 15.9 Å². The molecule has 2 aromatic heterocycles. The average Bonchev–Trinajstić information content (AvgIpc) is 2.52. The van der Waals surface area contributed by atoms with Crippen molar-refractivity contribution in [1.82, 2.24) is 9.38 Å². The van der Waals surface area contributed by atoms with Gasteiger partial charge in [0.05, 0.1) is 5.52 Å². The van der Waals surface area contributed by atoms with Crippen molar-refractivity contribution in [2.45, 2.75) is 19.8 Å². The van der Waals surface area contributed by atoms with E-state index >= 15 is 0 Å². The van der Waals surface area contributed by atoms with Gasteiger partial charge in [-0.2, -0.15) is 0 Å². The van der Waals surface area contributed by atoms with E-state index in [0.717, 1.165) is 35.3 Å². The summed E-state index contributed by atoms with van der Waals surface area (Å²) in [5.41, 5.74) is 7.92. The van der Waals surface area contributed by atoms with Crippen LogP contribution in [0.4, 0.5) is 0 Å². The fourth-order valence-corrected chi connectivity index (χ4v) is 2.27. The van der Waals surface area contributed by atoms with Crippen LogP contribution in [-0.2, 0) is 6.42 Å². The van der Waals surface area contributed by atoms with Gasteiger partial charge < -0.3 is 10.1 Å². The van der Waals surface area contributed by atoms with Crippen LogP contribution in [0.15, 0.2) is 22.9 Å². The van der Waals surface area contributed by atoms with Gasteiger partial charge in [0.2, 0.25) is 0 Å². The molecule has 0 atom stereocenters. The van der Waals surface area contributed by atoms with Crippen LogP contribution in [0.3, 0.4) is 0 Å². The number of pyridine rings is 1. The van der Waals surface area contributed by atoms with E-state index in [0.29, 0.717) is 0 Å². The van der Waals surface area contributed by atoms with Gasteiger partial charge in [0.1, 0.15) is 10.4 Å². The lowest BCUT2D eigenvalue weighted by molar-refractivity contribution is 0.825. The number of hydrogen-bond donors (Lipinski definition) is 1. The highest BCUT2D eigenvalue weighted by molar-refractivity contribution is 9.10. The van der Waals surface area contributed by atoms with E-state index in [2.05, 4.69) is 43.6 Å². The molecule has 0 aliphatic rings. The van der Waals surface area contributed by atoms with E-state index in [1.54, 1.807) is 0 Å².